The van der Waals surface area contributed by atoms with Crippen LogP contribution in [0, 0.1) is 0 Å². The average Bonchev–Trinajstić information content (AvgIpc) is 3.28. The molecule has 0 fully saturated rings. The molecule has 0 aliphatic carbocycles. The molecule has 4 nitrogen and oxygen atoms in total. The van der Waals surface area contributed by atoms with Crippen molar-refractivity contribution >= 4 is 43.7 Å². The molecule has 2 aromatic heterocycles. The van der Waals surface area contributed by atoms with Gasteiger partial charge in [0.05, 0.1) is 11.0 Å². The largest absolute Gasteiger partial charge is 0.456 e. The van der Waals surface area contributed by atoms with Crippen molar-refractivity contribution in [3.05, 3.63) is 90.5 Å². The van der Waals surface area contributed by atoms with Gasteiger partial charge in [0.15, 0.2) is 6.29 Å². The number of aromatic nitrogens is 1. The third-order valence-corrected chi connectivity index (χ3v) is 5.62. The summed E-state index contributed by atoms with van der Waals surface area (Å²) in [6, 6.07) is 28.0. The number of aliphatic hydroxyl groups excluding tert-OH is 1. The molecular weight excluding hydrogens is 362 g/mol. The number of para-hydroxylation sites is 2. The standard InChI is InChI=1S/C25H17NO3/c27-25(28)15-9-11-18-17-5-1-3-7-21(17)26(22(18)13-15)16-10-12-20-19-6-2-4-8-23(19)29-24(20)14-16/h1-14,25,27-28H. The Morgan fingerprint density at radius 3 is 2.17 bits per heavy atom. The smallest absolute Gasteiger partial charge is 0.178 e. The summed E-state index contributed by atoms with van der Waals surface area (Å²) in [6.07, 6.45) is -1.51. The molecule has 0 amide bonds. The lowest BCUT2D eigenvalue weighted by atomic mass is 10.1. The third-order valence-electron chi connectivity index (χ3n) is 5.62. The van der Waals surface area contributed by atoms with Gasteiger partial charge in [-0.3, -0.25) is 0 Å². The lowest BCUT2D eigenvalue weighted by Gasteiger charge is -2.09. The van der Waals surface area contributed by atoms with Gasteiger partial charge in [-0.25, -0.2) is 0 Å². The van der Waals surface area contributed by atoms with Gasteiger partial charge in [-0.15, -0.1) is 0 Å². The molecule has 0 saturated heterocycles. The maximum atomic E-state index is 9.67. The van der Waals surface area contributed by atoms with Crippen LogP contribution in [0.3, 0.4) is 0 Å². The second kappa shape index (κ2) is 5.95. The van der Waals surface area contributed by atoms with Gasteiger partial charge in [0.1, 0.15) is 11.2 Å². The van der Waals surface area contributed by atoms with E-state index in [2.05, 4.69) is 34.9 Å². The Labute approximate surface area is 165 Å². The summed E-state index contributed by atoms with van der Waals surface area (Å²) in [5.74, 6) is 0. The van der Waals surface area contributed by atoms with E-state index in [1.165, 1.54) is 0 Å². The molecule has 0 saturated carbocycles. The summed E-state index contributed by atoms with van der Waals surface area (Å²) in [5.41, 5.74) is 5.11. The van der Waals surface area contributed by atoms with E-state index in [1.54, 1.807) is 6.07 Å². The van der Waals surface area contributed by atoms with Gasteiger partial charge >= 0.3 is 0 Å². The maximum absolute atomic E-state index is 9.67. The van der Waals surface area contributed by atoms with Crippen molar-refractivity contribution in [1.29, 1.82) is 0 Å². The van der Waals surface area contributed by atoms with Crippen molar-refractivity contribution in [1.82, 2.24) is 4.57 Å². The van der Waals surface area contributed by atoms with Crippen molar-refractivity contribution in [2.75, 3.05) is 0 Å². The molecule has 0 spiro atoms. The summed E-state index contributed by atoms with van der Waals surface area (Å²) in [7, 11) is 0. The van der Waals surface area contributed by atoms with Crippen LogP contribution in [0.15, 0.2) is 89.3 Å². The molecule has 6 rings (SSSR count). The van der Waals surface area contributed by atoms with E-state index >= 15 is 0 Å². The highest BCUT2D eigenvalue weighted by Gasteiger charge is 2.15. The lowest BCUT2D eigenvalue weighted by molar-refractivity contribution is -0.0424. The molecule has 29 heavy (non-hydrogen) atoms. The fourth-order valence-electron chi connectivity index (χ4n) is 4.28. The van der Waals surface area contributed by atoms with E-state index in [1.807, 2.05) is 48.5 Å². The highest BCUT2D eigenvalue weighted by Crippen LogP contribution is 2.35. The predicted octanol–water partition coefficient (Wildman–Crippen LogP) is 5.67. The molecular formula is C25H17NO3. The van der Waals surface area contributed by atoms with Crippen molar-refractivity contribution in [2.24, 2.45) is 0 Å². The number of benzene rings is 4. The average molecular weight is 379 g/mol. The zero-order valence-electron chi connectivity index (χ0n) is 15.4. The van der Waals surface area contributed by atoms with Crippen LogP contribution in [0.5, 0.6) is 0 Å². The first-order valence-electron chi connectivity index (χ1n) is 9.51. The van der Waals surface area contributed by atoms with Gasteiger partial charge in [0.2, 0.25) is 0 Å². The monoisotopic (exact) mass is 379 g/mol. The van der Waals surface area contributed by atoms with Crippen molar-refractivity contribution < 1.29 is 14.6 Å². The van der Waals surface area contributed by atoms with E-state index in [0.717, 1.165) is 49.4 Å². The van der Waals surface area contributed by atoms with Gasteiger partial charge in [-0.2, -0.15) is 0 Å². The van der Waals surface area contributed by atoms with Crippen LogP contribution in [0.1, 0.15) is 11.9 Å². The quantitative estimate of drug-likeness (QED) is 0.381. The van der Waals surface area contributed by atoms with Crippen LogP contribution in [0.25, 0.3) is 49.4 Å². The molecule has 2 N–H and O–H groups in total. The second-order valence-corrected chi connectivity index (χ2v) is 7.28. The number of hydrogen-bond acceptors (Lipinski definition) is 3. The summed E-state index contributed by atoms with van der Waals surface area (Å²) >= 11 is 0. The van der Waals surface area contributed by atoms with Gasteiger partial charge in [0.25, 0.3) is 0 Å². The molecule has 0 atom stereocenters. The first-order chi connectivity index (χ1) is 14.2. The zero-order chi connectivity index (χ0) is 19.5. The van der Waals surface area contributed by atoms with E-state index in [4.69, 9.17) is 4.42 Å². The van der Waals surface area contributed by atoms with Gasteiger partial charge < -0.3 is 19.2 Å². The van der Waals surface area contributed by atoms with Crippen LogP contribution in [-0.4, -0.2) is 14.8 Å². The minimum atomic E-state index is -1.51. The normalized spacial score (nSPS) is 12.1. The number of nitrogens with zero attached hydrogens (tertiary/aromatic N) is 1. The predicted molar refractivity (Wildman–Crippen MR) is 115 cm³/mol. The highest BCUT2D eigenvalue weighted by atomic mass is 16.5. The number of aliphatic hydroxyl groups is 2. The zero-order valence-corrected chi connectivity index (χ0v) is 15.4. The first-order valence-corrected chi connectivity index (χ1v) is 9.51. The molecule has 0 aliphatic heterocycles. The Balaban J connectivity index is 1.70. The van der Waals surface area contributed by atoms with Gasteiger partial charge in [0, 0.05) is 38.9 Å². The van der Waals surface area contributed by atoms with E-state index in [9.17, 15) is 10.2 Å². The molecule has 4 heteroatoms. The Kier molecular flexibility index (Phi) is 3.36. The topological polar surface area (TPSA) is 58.5 Å². The summed E-state index contributed by atoms with van der Waals surface area (Å²) in [6.45, 7) is 0. The number of fused-ring (bicyclic) bond motifs is 6. The van der Waals surface area contributed by atoms with Crippen LogP contribution in [0.2, 0.25) is 0 Å². The van der Waals surface area contributed by atoms with Crippen LogP contribution >= 0.6 is 0 Å². The van der Waals surface area contributed by atoms with E-state index < -0.39 is 6.29 Å². The lowest BCUT2D eigenvalue weighted by Crippen LogP contribution is -1.97. The summed E-state index contributed by atoms with van der Waals surface area (Å²) in [4.78, 5) is 0. The van der Waals surface area contributed by atoms with Crippen molar-refractivity contribution in [3.63, 3.8) is 0 Å². The summed E-state index contributed by atoms with van der Waals surface area (Å²) in [5, 5.41) is 23.7. The molecule has 0 radical (unpaired) electrons. The highest BCUT2D eigenvalue weighted by molar-refractivity contribution is 6.10. The molecule has 0 aliphatic rings. The first kappa shape index (κ1) is 16.4. The van der Waals surface area contributed by atoms with Gasteiger partial charge in [-0.05, 0) is 30.3 Å². The van der Waals surface area contributed by atoms with Crippen molar-refractivity contribution in [2.45, 2.75) is 6.29 Å². The van der Waals surface area contributed by atoms with Gasteiger partial charge in [-0.1, -0.05) is 48.5 Å². The Morgan fingerprint density at radius 1 is 0.621 bits per heavy atom. The molecule has 140 valence electrons. The van der Waals surface area contributed by atoms with E-state index in [0.29, 0.717) is 5.56 Å². The van der Waals surface area contributed by atoms with Crippen molar-refractivity contribution in [3.8, 4) is 5.69 Å². The molecule has 2 heterocycles. The SMILES string of the molecule is OC(O)c1ccc2c3ccccc3n(-c3ccc4c(c3)oc3ccccc34)c2c1. The molecule has 0 unspecified atom stereocenters. The fraction of sp³-hybridized carbons (Fsp3) is 0.0400. The Morgan fingerprint density at radius 2 is 1.31 bits per heavy atom. The maximum Gasteiger partial charge on any atom is 0.178 e. The van der Waals surface area contributed by atoms with Crippen LogP contribution in [0.4, 0.5) is 0 Å². The number of hydrogen-bond donors (Lipinski definition) is 2. The Bertz CT molecular complexity index is 1540. The third kappa shape index (κ3) is 2.34. The Hall–Kier alpha value is -3.60. The minimum absolute atomic E-state index is 0.464. The summed E-state index contributed by atoms with van der Waals surface area (Å²) < 4.78 is 8.23. The van der Waals surface area contributed by atoms with E-state index in [-0.39, 0.29) is 0 Å². The molecule has 0 bridgehead atoms. The van der Waals surface area contributed by atoms with Crippen LogP contribution < -0.4 is 0 Å². The fourth-order valence-corrected chi connectivity index (χ4v) is 4.28. The molecule has 4 aromatic carbocycles. The van der Waals surface area contributed by atoms with Crippen LogP contribution in [-0.2, 0) is 0 Å². The number of rotatable bonds is 2. The second-order valence-electron chi connectivity index (χ2n) is 7.28. The minimum Gasteiger partial charge on any atom is -0.456 e. The molecule has 6 aromatic rings. The number of furan rings is 1.